The van der Waals surface area contributed by atoms with Crippen molar-refractivity contribution >= 4 is 28.4 Å². The predicted molar refractivity (Wildman–Crippen MR) is 98.3 cm³/mol. The fraction of sp³-hybridized carbons (Fsp3) is 0.200. The number of guanidine groups is 2. The first kappa shape index (κ1) is 18.0. The summed E-state index contributed by atoms with van der Waals surface area (Å²) in [6, 6.07) is 5.67. The molecular formula is C15H18N8OS. The topological polar surface area (TPSA) is 152 Å². The highest BCUT2D eigenvalue weighted by Gasteiger charge is 2.12. The van der Waals surface area contributed by atoms with Gasteiger partial charge in [-0.15, -0.1) is 16.3 Å². The van der Waals surface area contributed by atoms with Crippen LogP contribution in [0.15, 0.2) is 33.6 Å². The molecule has 6 N–H and O–H groups in total. The van der Waals surface area contributed by atoms with Crippen molar-refractivity contribution < 1.29 is 4.74 Å². The Hall–Kier alpha value is -3.32. The van der Waals surface area contributed by atoms with Gasteiger partial charge in [0.2, 0.25) is 17.3 Å². The number of aromatic nitrogens is 1. The monoisotopic (exact) mass is 358 g/mol. The highest BCUT2D eigenvalue weighted by atomic mass is 32.1. The van der Waals surface area contributed by atoms with Gasteiger partial charge in [0.15, 0.2) is 5.96 Å². The summed E-state index contributed by atoms with van der Waals surface area (Å²) in [6.45, 7) is 0.416. The number of nitrogens with zero attached hydrogens (tertiary/aromatic N) is 5. The molecular weight excluding hydrogens is 340 g/mol. The molecule has 0 atom stereocenters. The third-order valence-corrected chi connectivity index (χ3v) is 3.99. The SMILES string of the molecule is COc1ccc(-c2csc(N=C(N)N)n2)cc1CN(C)C(N)=NC#N. The Labute approximate surface area is 149 Å². The first-order valence-corrected chi connectivity index (χ1v) is 7.98. The minimum atomic E-state index is -0.0369. The van der Waals surface area contributed by atoms with Crippen molar-refractivity contribution in [3.8, 4) is 23.2 Å². The molecule has 10 heteroatoms. The van der Waals surface area contributed by atoms with Crippen molar-refractivity contribution in [2.24, 2.45) is 27.2 Å². The highest BCUT2D eigenvalue weighted by Crippen LogP contribution is 2.30. The molecule has 2 rings (SSSR count). The fourth-order valence-corrected chi connectivity index (χ4v) is 2.81. The van der Waals surface area contributed by atoms with Crippen LogP contribution in [0.2, 0.25) is 0 Å². The second kappa shape index (κ2) is 7.98. The van der Waals surface area contributed by atoms with Gasteiger partial charge in [-0.05, 0) is 18.2 Å². The minimum absolute atomic E-state index is 0.0369. The van der Waals surface area contributed by atoms with Crippen molar-refractivity contribution in [3.63, 3.8) is 0 Å². The van der Waals surface area contributed by atoms with E-state index in [1.165, 1.54) is 11.3 Å². The van der Waals surface area contributed by atoms with Crippen molar-refractivity contribution in [2.45, 2.75) is 6.54 Å². The maximum absolute atomic E-state index is 8.61. The molecule has 1 aromatic carbocycles. The summed E-state index contributed by atoms with van der Waals surface area (Å²) < 4.78 is 5.39. The number of thiazole rings is 1. The molecule has 0 unspecified atom stereocenters. The van der Waals surface area contributed by atoms with E-state index in [-0.39, 0.29) is 11.9 Å². The molecule has 0 aliphatic rings. The summed E-state index contributed by atoms with van der Waals surface area (Å²) in [5, 5.41) is 11.0. The Bertz CT molecular complexity index is 847. The van der Waals surface area contributed by atoms with Crippen molar-refractivity contribution in [3.05, 3.63) is 29.1 Å². The molecule has 130 valence electrons. The Kier molecular flexibility index (Phi) is 5.75. The number of ether oxygens (including phenoxy) is 1. The third kappa shape index (κ3) is 4.58. The number of nitrogens with two attached hydrogens (primary N) is 3. The van der Waals surface area contributed by atoms with E-state index in [1.54, 1.807) is 25.3 Å². The zero-order chi connectivity index (χ0) is 18.4. The lowest BCUT2D eigenvalue weighted by Gasteiger charge is -2.19. The van der Waals surface area contributed by atoms with E-state index in [0.717, 1.165) is 16.8 Å². The molecule has 0 aliphatic carbocycles. The number of benzene rings is 1. The molecule has 0 amide bonds. The van der Waals surface area contributed by atoms with Crippen LogP contribution in [0.1, 0.15) is 5.56 Å². The number of rotatable bonds is 5. The van der Waals surface area contributed by atoms with Gasteiger partial charge in [0.05, 0.1) is 12.8 Å². The van der Waals surface area contributed by atoms with Gasteiger partial charge in [-0.2, -0.15) is 10.3 Å². The second-order valence-electron chi connectivity index (χ2n) is 5.00. The average Bonchev–Trinajstić information content (AvgIpc) is 3.02. The Morgan fingerprint density at radius 2 is 2.16 bits per heavy atom. The molecule has 0 saturated carbocycles. The van der Waals surface area contributed by atoms with Crippen LogP contribution < -0.4 is 21.9 Å². The first-order chi connectivity index (χ1) is 11.9. The Balaban J connectivity index is 2.33. The molecule has 0 saturated heterocycles. The van der Waals surface area contributed by atoms with Gasteiger partial charge in [-0.1, -0.05) is 0 Å². The van der Waals surface area contributed by atoms with Gasteiger partial charge in [0.25, 0.3) is 0 Å². The standard InChI is InChI=1S/C15H18N8OS/c1-23(14(19)20-8-16)6-10-5-9(3-4-12(10)24-2)11-7-25-15(21-11)22-13(17)18/h3-5,7H,6H2,1-2H3,(H2,19,20)(H4,17,18,21,22). The Morgan fingerprint density at radius 1 is 1.40 bits per heavy atom. The van der Waals surface area contributed by atoms with E-state index in [1.807, 2.05) is 23.6 Å². The molecule has 1 aromatic heterocycles. The number of hydrogen-bond donors (Lipinski definition) is 3. The maximum atomic E-state index is 8.61. The normalized spacial score (nSPS) is 10.8. The van der Waals surface area contributed by atoms with Crippen molar-refractivity contribution in [1.29, 1.82) is 5.26 Å². The number of hydrogen-bond acceptors (Lipinski definition) is 6. The van der Waals surface area contributed by atoms with E-state index in [4.69, 9.17) is 27.2 Å². The predicted octanol–water partition coefficient (Wildman–Crippen LogP) is 0.951. The molecule has 25 heavy (non-hydrogen) atoms. The van der Waals surface area contributed by atoms with E-state index in [0.29, 0.717) is 17.4 Å². The van der Waals surface area contributed by atoms with Crippen LogP contribution in [0.4, 0.5) is 5.13 Å². The van der Waals surface area contributed by atoms with Gasteiger partial charge < -0.3 is 26.8 Å². The average molecular weight is 358 g/mol. The second-order valence-corrected chi connectivity index (χ2v) is 5.84. The lowest BCUT2D eigenvalue weighted by atomic mass is 10.1. The summed E-state index contributed by atoms with van der Waals surface area (Å²) in [4.78, 5) is 13.5. The van der Waals surface area contributed by atoms with Crippen LogP contribution in [0.5, 0.6) is 5.75 Å². The fourth-order valence-electron chi connectivity index (χ4n) is 2.09. The lowest BCUT2D eigenvalue weighted by Crippen LogP contribution is -2.33. The van der Waals surface area contributed by atoms with Crippen LogP contribution in [0, 0.1) is 11.5 Å². The first-order valence-electron chi connectivity index (χ1n) is 7.10. The smallest absolute Gasteiger partial charge is 0.212 e. The van der Waals surface area contributed by atoms with Crippen molar-refractivity contribution in [1.82, 2.24) is 9.88 Å². The number of nitriles is 1. The quantitative estimate of drug-likeness (QED) is 0.409. The summed E-state index contributed by atoms with van der Waals surface area (Å²) in [7, 11) is 3.33. The van der Waals surface area contributed by atoms with Gasteiger partial charge in [-0.3, -0.25) is 0 Å². The third-order valence-electron chi connectivity index (χ3n) is 3.26. The maximum Gasteiger partial charge on any atom is 0.212 e. The molecule has 0 spiro atoms. The number of methoxy groups -OCH3 is 1. The van der Waals surface area contributed by atoms with E-state index in [2.05, 4.69) is 15.0 Å². The summed E-state index contributed by atoms with van der Waals surface area (Å²) in [5.74, 6) is 0.781. The molecule has 0 aliphatic heterocycles. The van der Waals surface area contributed by atoms with E-state index >= 15 is 0 Å². The molecule has 1 heterocycles. The lowest BCUT2D eigenvalue weighted by molar-refractivity contribution is 0.398. The zero-order valence-corrected chi connectivity index (χ0v) is 14.6. The van der Waals surface area contributed by atoms with Crippen LogP contribution in [0.3, 0.4) is 0 Å². The van der Waals surface area contributed by atoms with Crippen molar-refractivity contribution in [2.75, 3.05) is 14.2 Å². The summed E-state index contributed by atoms with van der Waals surface area (Å²) in [5.41, 5.74) is 19.0. The van der Waals surface area contributed by atoms with Crippen LogP contribution in [-0.2, 0) is 6.54 Å². The molecule has 0 bridgehead atoms. The van der Waals surface area contributed by atoms with Gasteiger partial charge in [0, 0.05) is 30.1 Å². The molecule has 9 nitrogen and oxygen atoms in total. The zero-order valence-electron chi connectivity index (χ0n) is 13.8. The van der Waals surface area contributed by atoms with Crippen LogP contribution >= 0.6 is 11.3 Å². The highest BCUT2D eigenvalue weighted by molar-refractivity contribution is 7.13. The largest absolute Gasteiger partial charge is 0.496 e. The van der Waals surface area contributed by atoms with Crippen LogP contribution in [-0.4, -0.2) is 36.0 Å². The summed E-state index contributed by atoms with van der Waals surface area (Å²) in [6.07, 6.45) is 1.67. The summed E-state index contributed by atoms with van der Waals surface area (Å²) >= 11 is 1.34. The van der Waals surface area contributed by atoms with E-state index < -0.39 is 0 Å². The van der Waals surface area contributed by atoms with Gasteiger partial charge in [-0.25, -0.2) is 4.98 Å². The Morgan fingerprint density at radius 3 is 2.80 bits per heavy atom. The van der Waals surface area contributed by atoms with Gasteiger partial charge in [0.1, 0.15) is 5.75 Å². The minimum Gasteiger partial charge on any atom is -0.496 e. The van der Waals surface area contributed by atoms with Crippen LogP contribution in [0.25, 0.3) is 11.3 Å². The van der Waals surface area contributed by atoms with Gasteiger partial charge >= 0.3 is 0 Å². The molecule has 0 fully saturated rings. The van der Waals surface area contributed by atoms with E-state index in [9.17, 15) is 0 Å². The molecule has 2 aromatic rings. The number of aliphatic imine (C=N–C) groups is 2. The molecule has 0 radical (unpaired) electrons.